The molecule has 1 aliphatic heterocycles. The maximum absolute atomic E-state index is 13.8. The van der Waals surface area contributed by atoms with Gasteiger partial charge in [-0.15, -0.1) is 11.3 Å². The van der Waals surface area contributed by atoms with Crippen LogP contribution in [0.25, 0.3) is 10.1 Å². The second-order valence-corrected chi connectivity index (χ2v) is 6.61. The lowest BCUT2D eigenvalue weighted by atomic mass is 10.1. The SMILES string of the molecule is CC(=O)c1cc2c(cc1NC(=O)c1cc3c(F)cccc3s1)OCO2. The van der Waals surface area contributed by atoms with Crippen LogP contribution in [0, 0.1) is 5.82 Å². The van der Waals surface area contributed by atoms with E-state index < -0.39 is 5.91 Å². The van der Waals surface area contributed by atoms with E-state index in [4.69, 9.17) is 9.47 Å². The van der Waals surface area contributed by atoms with Crippen LogP contribution in [-0.2, 0) is 0 Å². The van der Waals surface area contributed by atoms with Crippen molar-refractivity contribution in [2.24, 2.45) is 0 Å². The molecule has 1 N–H and O–H groups in total. The Hall–Kier alpha value is -2.93. The molecule has 0 unspecified atom stereocenters. The molecule has 0 saturated carbocycles. The zero-order chi connectivity index (χ0) is 17.6. The number of Topliss-reactive ketones (excluding diaryl/α,β-unsaturated/α-hetero) is 1. The molecule has 25 heavy (non-hydrogen) atoms. The fourth-order valence-electron chi connectivity index (χ4n) is 2.66. The van der Waals surface area contributed by atoms with Gasteiger partial charge in [0.15, 0.2) is 17.3 Å². The van der Waals surface area contributed by atoms with Crippen molar-refractivity contribution in [1.82, 2.24) is 0 Å². The third-order valence-corrected chi connectivity index (χ3v) is 4.97. The first-order valence-electron chi connectivity index (χ1n) is 7.47. The summed E-state index contributed by atoms with van der Waals surface area (Å²) < 4.78 is 25.0. The van der Waals surface area contributed by atoms with Crippen molar-refractivity contribution in [2.75, 3.05) is 12.1 Å². The Labute approximate surface area is 146 Å². The first-order chi connectivity index (χ1) is 12.0. The number of carbonyl (C=O) groups excluding carboxylic acids is 2. The van der Waals surface area contributed by atoms with E-state index in [0.29, 0.717) is 37.7 Å². The number of thiophene rings is 1. The molecule has 1 amide bonds. The summed E-state index contributed by atoms with van der Waals surface area (Å²) in [6.07, 6.45) is 0. The van der Waals surface area contributed by atoms with Crippen LogP contribution in [-0.4, -0.2) is 18.5 Å². The highest BCUT2D eigenvalue weighted by atomic mass is 32.1. The zero-order valence-corrected chi connectivity index (χ0v) is 13.9. The number of hydrogen-bond donors (Lipinski definition) is 1. The average molecular weight is 357 g/mol. The summed E-state index contributed by atoms with van der Waals surface area (Å²) in [6, 6.07) is 9.31. The number of ether oxygens (including phenoxy) is 2. The minimum Gasteiger partial charge on any atom is -0.454 e. The molecule has 2 heterocycles. The molecule has 0 atom stereocenters. The van der Waals surface area contributed by atoms with Crippen molar-refractivity contribution < 1.29 is 23.5 Å². The number of halogens is 1. The highest BCUT2D eigenvalue weighted by Gasteiger charge is 2.21. The Morgan fingerprint density at radius 3 is 2.64 bits per heavy atom. The largest absolute Gasteiger partial charge is 0.454 e. The zero-order valence-electron chi connectivity index (χ0n) is 13.1. The Morgan fingerprint density at radius 1 is 1.16 bits per heavy atom. The van der Waals surface area contributed by atoms with Crippen LogP contribution in [0.4, 0.5) is 10.1 Å². The van der Waals surface area contributed by atoms with Gasteiger partial charge in [-0.05, 0) is 31.2 Å². The Balaban J connectivity index is 1.70. The Kier molecular flexibility index (Phi) is 3.65. The van der Waals surface area contributed by atoms with Crippen LogP contribution in [0.2, 0.25) is 0 Å². The number of ketones is 1. The molecular weight excluding hydrogens is 345 g/mol. The predicted octanol–water partition coefficient (Wildman–Crippen LogP) is 4.22. The Morgan fingerprint density at radius 2 is 1.92 bits per heavy atom. The van der Waals surface area contributed by atoms with Crippen LogP contribution < -0.4 is 14.8 Å². The summed E-state index contributed by atoms with van der Waals surface area (Å²) >= 11 is 1.19. The topological polar surface area (TPSA) is 64.6 Å². The van der Waals surface area contributed by atoms with Crippen LogP contribution in [0.5, 0.6) is 11.5 Å². The first-order valence-corrected chi connectivity index (χ1v) is 8.28. The summed E-state index contributed by atoms with van der Waals surface area (Å²) in [4.78, 5) is 24.8. The van der Waals surface area contributed by atoms with Gasteiger partial charge in [-0.25, -0.2) is 4.39 Å². The van der Waals surface area contributed by atoms with E-state index in [2.05, 4.69) is 5.32 Å². The van der Waals surface area contributed by atoms with Crippen molar-refractivity contribution >= 4 is 38.8 Å². The molecule has 0 aliphatic carbocycles. The molecule has 0 fully saturated rings. The smallest absolute Gasteiger partial charge is 0.265 e. The summed E-state index contributed by atoms with van der Waals surface area (Å²) in [5.74, 6) is -0.0759. The number of rotatable bonds is 3. The minimum atomic E-state index is -0.415. The average Bonchev–Trinajstić information content (AvgIpc) is 3.20. The highest BCUT2D eigenvalue weighted by molar-refractivity contribution is 7.20. The number of nitrogens with one attached hydrogen (secondary N) is 1. The van der Waals surface area contributed by atoms with Crippen molar-refractivity contribution in [1.29, 1.82) is 0 Å². The minimum absolute atomic E-state index is 0.0691. The van der Waals surface area contributed by atoms with Gasteiger partial charge in [-0.2, -0.15) is 0 Å². The lowest BCUT2D eigenvalue weighted by Gasteiger charge is -2.09. The van der Waals surface area contributed by atoms with Gasteiger partial charge in [0.25, 0.3) is 5.91 Å². The van der Waals surface area contributed by atoms with Gasteiger partial charge in [-0.1, -0.05) is 6.07 Å². The van der Waals surface area contributed by atoms with E-state index in [1.807, 2.05) is 0 Å². The van der Waals surface area contributed by atoms with Gasteiger partial charge >= 0.3 is 0 Å². The molecule has 2 aromatic carbocycles. The molecule has 3 aromatic rings. The molecule has 7 heteroatoms. The summed E-state index contributed by atoms with van der Waals surface area (Å²) in [5, 5.41) is 3.11. The number of hydrogen-bond acceptors (Lipinski definition) is 5. The first kappa shape index (κ1) is 15.6. The monoisotopic (exact) mass is 357 g/mol. The fraction of sp³-hybridized carbons (Fsp3) is 0.111. The molecule has 126 valence electrons. The van der Waals surface area contributed by atoms with Crippen LogP contribution >= 0.6 is 11.3 Å². The van der Waals surface area contributed by atoms with Gasteiger partial charge in [0.05, 0.1) is 10.6 Å². The van der Waals surface area contributed by atoms with Crippen LogP contribution in [0.1, 0.15) is 27.0 Å². The molecule has 0 radical (unpaired) electrons. The summed E-state index contributed by atoms with van der Waals surface area (Å²) in [5.41, 5.74) is 0.657. The quantitative estimate of drug-likeness (QED) is 0.713. The van der Waals surface area contributed by atoms with Crippen molar-refractivity contribution in [3.63, 3.8) is 0 Å². The lowest BCUT2D eigenvalue weighted by Crippen LogP contribution is -2.13. The third-order valence-electron chi connectivity index (χ3n) is 3.87. The maximum atomic E-state index is 13.8. The molecule has 1 aromatic heterocycles. The highest BCUT2D eigenvalue weighted by Crippen LogP contribution is 2.37. The summed E-state index contributed by atoms with van der Waals surface area (Å²) in [6.45, 7) is 1.47. The van der Waals surface area contributed by atoms with Crippen molar-refractivity contribution in [2.45, 2.75) is 6.92 Å². The maximum Gasteiger partial charge on any atom is 0.265 e. The van der Waals surface area contributed by atoms with Crippen molar-refractivity contribution in [3.8, 4) is 11.5 Å². The van der Waals surface area contributed by atoms with Gasteiger partial charge in [0.1, 0.15) is 5.82 Å². The molecule has 0 spiro atoms. The molecule has 0 saturated heterocycles. The predicted molar refractivity (Wildman–Crippen MR) is 92.3 cm³/mol. The number of benzene rings is 2. The van der Waals surface area contributed by atoms with E-state index in [1.165, 1.54) is 30.4 Å². The molecule has 5 nitrogen and oxygen atoms in total. The van der Waals surface area contributed by atoms with Gasteiger partial charge in [0.2, 0.25) is 6.79 Å². The Bertz CT molecular complexity index is 1030. The number of amides is 1. The molecular formula is C18H12FNO4S. The van der Waals surface area contributed by atoms with Gasteiger partial charge < -0.3 is 14.8 Å². The lowest BCUT2D eigenvalue weighted by molar-refractivity contribution is 0.101. The molecule has 0 bridgehead atoms. The van der Waals surface area contributed by atoms with E-state index in [1.54, 1.807) is 24.3 Å². The number of anilines is 1. The summed E-state index contributed by atoms with van der Waals surface area (Å²) in [7, 11) is 0. The molecule has 1 aliphatic rings. The van der Waals surface area contributed by atoms with Crippen LogP contribution in [0.3, 0.4) is 0 Å². The van der Waals surface area contributed by atoms with Gasteiger partial charge in [0, 0.05) is 21.7 Å². The third kappa shape index (κ3) is 2.72. The van der Waals surface area contributed by atoms with E-state index in [-0.39, 0.29) is 18.4 Å². The van der Waals surface area contributed by atoms with Gasteiger partial charge in [-0.3, -0.25) is 9.59 Å². The van der Waals surface area contributed by atoms with E-state index in [9.17, 15) is 14.0 Å². The second kappa shape index (κ2) is 5.86. The van der Waals surface area contributed by atoms with Crippen LogP contribution in [0.15, 0.2) is 36.4 Å². The van der Waals surface area contributed by atoms with E-state index in [0.717, 1.165) is 0 Å². The standard InChI is InChI=1S/C18H12FNO4S/c1-9(21)10-5-14-15(24-8-23-14)7-13(10)20-18(22)17-6-11-12(19)3-2-4-16(11)25-17/h2-7H,8H2,1H3,(H,20,22). The van der Waals surface area contributed by atoms with Crippen molar-refractivity contribution in [3.05, 3.63) is 52.7 Å². The number of fused-ring (bicyclic) bond motifs is 2. The number of carbonyl (C=O) groups is 2. The fourth-order valence-corrected chi connectivity index (χ4v) is 3.63. The van der Waals surface area contributed by atoms with E-state index >= 15 is 0 Å². The molecule has 4 rings (SSSR count). The normalized spacial score (nSPS) is 12.4. The second-order valence-electron chi connectivity index (χ2n) is 5.52.